The van der Waals surface area contributed by atoms with Crippen LogP contribution in [0.15, 0.2) is 22.7 Å². The molecule has 1 atom stereocenters. The molecule has 0 unspecified atom stereocenters. The van der Waals surface area contributed by atoms with Crippen molar-refractivity contribution in [3.8, 4) is 0 Å². The van der Waals surface area contributed by atoms with Crippen molar-refractivity contribution in [3.63, 3.8) is 0 Å². The van der Waals surface area contributed by atoms with Gasteiger partial charge in [-0.3, -0.25) is 4.79 Å². The fourth-order valence-electron chi connectivity index (χ4n) is 2.46. The van der Waals surface area contributed by atoms with Crippen molar-refractivity contribution in [1.82, 2.24) is 4.90 Å². The standard InChI is InChI=1S/C13H14BrNO/c1-8(9-2-3-9)15-7-10-4-5-11(14)6-12(10)13(15)16/h4-6,8-9H,2-3,7H2,1H3/t8-/m0/s1. The van der Waals surface area contributed by atoms with Crippen LogP contribution in [0.1, 0.15) is 35.7 Å². The van der Waals surface area contributed by atoms with Gasteiger partial charge in [-0.05, 0) is 43.4 Å². The van der Waals surface area contributed by atoms with Crippen molar-refractivity contribution in [3.05, 3.63) is 33.8 Å². The molecule has 0 spiro atoms. The van der Waals surface area contributed by atoms with Crippen LogP contribution in [-0.4, -0.2) is 16.8 Å². The van der Waals surface area contributed by atoms with E-state index in [2.05, 4.69) is 28.9 Å². The number of fused-ring (bicyclic) bond motifs is 1. The Kier molecular flexibility index (Phi) is 2.32. The summed E-state index contributed by atoms with van der Waals surface area (Å²) in [6.07, 6.45) is 2.57. The van der Waals surface area contributed by atoms with Gasteiger partial charge in [-0.1, -0.05) is 22.0 Å². The van der Waals surface area contributed by atoms with E-state index in [1.165, 1.54) is 18.4 Å². The molecule has 1 heterocycles. The molecule has 1 aromatic carbocycles. The molecule has 3 rings (SSSR count). The fourth-order valence-corrected chi connectivity index (χ4v) is 2.82. The first-order chi connectivity index (χ1) is 7.66. The van der Waals surface area contributed by atoms with Gasteiger partial charge in [0, 0.05) is 22.6 Å². The minimum atomic E-state index is 0.204. The predicted octanol–water partition coefficient (Wildman–Crippen LogP) is 3.20. The molecular formula is C13H14BrNO. The third-order valence-electron chi connectivity index (χ3n) is 3.70. The molecule has 1 amide bonds. The molecule has 3 heteroatoms. The maximum atomic E-state index is 12.2. The first kappa shape index (κ1) is 10.3. The second-order valence-corrected chi connectivity index (χ2v) is 5.73. The molecular weight excluding hydrogens is 266 g/mol. The Morgan fingerprint density at radius 2 is 2.19 bits per heavy atom. The molecule has 0 N–H and O–H groups in total. The lowest BCUT2D eigenvalue weighted by molar-refractivity contribution is 0.0697. The largest absolute Gasteiger partial charge is 0.331 e. The lowest BCUT2D eigenvalue weighted by Gasteiger charge is -2.23. The topological polar surface area (TPSA) is 20.3 Å². The van der Waals surface area contributed by atoms with Crippen molar-refractivity contribution in [2.45, 2.75) is 32.4 Å². The number of benzene rings is 1. The molecule has 1 fully saturated rings. The summed E-state index contributed by atoms with van der Waals surface area (Å²) in [5.41, 5.74) is 2.04. The van der Waals surface area contributed by atoms with E-state index in [-0.39, 0.29) is 5.91 Å². The molecule has 1 aliphatic heterocycles. The average Bonchev–Trinajstić information content (AvgIpc) is 3.05. The van der Waals surface area contributed by atoms with E-state index < -0.39 is 0 Å². The second-order valence-electron chi connectivity index (χ2n) is 4.81. The number of carbonyl (C=O) groups is 1. The van der Waals surface area contributed by atoms with Gasteiger partial charge in [0.05, 0.1) is 0 Å². The predicted molar refractivity (Wildman–Crippen MR) is 66.2 cm³/mol. The van der Waals surface area contributed by atoms with Crippen LogP contribution in [-0.2, 0) is 6.54 Å². The first-order valence-corrected chi connectivity index (χ1v) is 6.55. The van der Waals surface area contributed by atoms with Crippen LogP contribution in [0, 0.1) is 5.92 Å². The SMILES string of the molecule is C[C@@H](C1CC1)N1Cc2ccc(Br)cc2C1=O. The molecule has 0 saturated heterocycles. The number of amides is 1. The van der Waals surface area contributed by atoms with Crippen molar-refractivity contribution in [1.29, 1.82) is 0 Å². The van der Waals surface area contributed by atoms with Crippen molar-refractivity contribution >= 4 is 21.8 Å². The van der Waals surface area contributed by atoms with Gasteiger partial charge in [0.1, 0.15) is 0 Å². The van der Waals surface area contributed by atoms with Crippen molar-refractivity contribution in [2.75, 3.05) is 0 Å². The van der Waals surface area contributed by atoms with Gasteiger partial charge < -0.3 is 4.90 Å². The highest BCUT2D eigenvalue weighted by Crippen LogP contribution is 2.38. The zero-order valence-electron chi connectivity index (χ0n) is 9.24. The van der Waals surface area contributed by atoms with E-state index >= 15 is 0 Å². The summed E-state index contributed by atoms with van der Waals surface area (Å²) < 4.78 is 0.987. The highest BCUT2D eigenvalue weighted by molar-refractivity contribution is 9.10. The van der Waals surface area contributed by atoms with Crippen LogP contribution in [0.5, 0.6) is 0 Å². The summed E-state index contributed by atoms with van der Waals surface area (Å²) in [6, 6.07) is 6.41. The van der Waals surface area contributed by atoms with Crippen LogP contribution in [0.3, 0.4) is 0 Å². The zero-order valence-corrected chi connectivity index (χ0v) is 10.8. The highest BCUT2D eigenvalue weighted by Gasteiger charge is 2.38. The first-order valence-electron chi connectivity index (χ1n) is 5.76. The number of hydrogen-bond donors (Lipinski definition) is 0. The Hall–Kier alpha value is -0.830. The van der Waals surface area contributed by atoms with Gasteiger partial charge in [0.25, 0.3) is 5.91 Å². The van der Waals surface area contributed by atoms with E-state index in [1.54, 1.807) is 0 Å². The Bertz CT molecular complexity index is 453. The summed E-state index contributed by atoms with van der Waals surface area (Å²) in [5.74, 6) is 0.942. The molecule has 16 heavy (non-hydrogen) atoms. The quantitative estimate of drug-likeness (QED) is 0.814. The Morgan fingerprint density at radius 3 is 2.88 bits per heavy atom. The molecule has 1 aromatic rings. The summed E-state index contributed by atoms with van der Waals surface area (Å²) in [4.78, 5) is 14.3. The van der Waals surface area contributed by atoms with Crippen LogP contribution in [0.4, 0.5) is 0 Å². The molecule has 84 valence electrons. The number of nitrogens with zero attached hydrogens (tertiary/aromatic N) is 1. The van der Waals surface area contributed by atoms with Gasteiger partial charge in [-0.15, -0.1) is 0 Å². The number of carbonyl (C=O) groups excluding carboxylic acids is 1. The maximum absolute atomic E-state index is 12.2. The third-order valence-corrected chi connectivity index (χ3v) is 4.19. The second kappa shape index (κ2) is 3.59. The summed E-state index contributed by atoms with van der Waals surface area (Å²) in [5, 5.41) is 0. The van der Waals surface area contributed by atoms with Crippen LogP contribution in [0.25, 0.3) is 0 Å². The highest BCUT2D eigenvalue weighted by atomic mass is 79.9. The lowest BCUT2D eigenvalue weighted by atomic mass is 10.1. The van der Waals surface area contributed by atoms with E-state index in [0.29, 0.717) is 6.04 Å². The van der Waals surface area contributed by atoms with E-state index in [4.69, 9.17) is 0 Å². The number of halogens is 1. The monoisotopic (exact) mass is 279 g/mol. The molecule has 0 radical (unpaired) electrons. The van der Waals surface area contributed by atoms with Gasteiger partial charge in [-0.25, -0.2) is 0 Å². The van der Waals surface area contributed by atoms with Crippen LogP contribution < -0.4 is 0 Å². The molecule has 1 aliphatic carbocycles. The molecule has 1 saturated carbocycles. The maximum Gasteiger partial charge on any atom is 0.254 e. The number of rotatable bonds is 2. The normalized spacial score (nSPS) is 21.1. The summed E-state index contributed by atoms with van der Waals surface area (Å²) in [7, 11) is 0. The minimum absolute atomic E-state index is 0.204. The number of hydrogen-bond acceptors (Lipinski definition) is 1. The Morgan fingerprint density at radius 1 is 1.44 bits per heavy atom. The summed E-state index contributed by atoms with van der Waals surface area (Å²) in [6.45, 7) is 2.97. The molecule has 2 aliphatic rings. The third kappa shape index (κ3) is 1.58. The lowest BCUT2D eigenvalue weighted by Crippen LogP contribution is -2.34. The van der Waals surface area contributed by atoms with Gasteiger partial charge in [-0.2, -0.15) is 0 Å². The minimum Gasteiger partial charge on any atom is -0.331 e. The fraction of sp³-hybridized carbons (Fsp3) is 0.462. The molecule has 0 bridgehead atoms. The molecule has 2 nitrogen and oxygen atoms in total. The van der Waals surface area contributed by atoms with Gasteiger partial charge in [0.15, 0.2) is 0 Å². The average molecular weight is 280 g/mol. The van der Waals surface area contributed by atoms with Crippen molar-refractivity contribution < 1.29 is 4.79 Å². The van der Waals surface area contributed by atoms with E-state index in [1.807, 2.05) is 17.0 Å². The Balaban J connectivity index is 1.90. The van der Waals surface area contributed by atoms with E-state index in [0.717, 1.165) is 22.5 Å². The zero-order chi connectivity index (χ0) is 11.3. The van der Waals surface area contributed by atoms with Gasteiger partial charge in [0.2, 0.25) is 0 Å². The van der Waals surface area contributed by atoms with Crippen LogP contribution in [0.2, 0.25) is 0 Å². The van der Waals surface area contributed by atoms with Crippen molar-refractivity contribution in [2.24, 2.45) is 5.92 Å². The smallest absolute Gasteiger partial charge is 0.254 e. The summed E-state index contributed by atoms with van der Waals surface area (Å²) >= 11 is 3.42. The van der Waals surface area contributed by atoms with Crippen LogP contribution >= 0.6 is 15.9 Å². The molecule has 0 aromatic heterocycles. The van der Waals surface area contributed by atoms with Gasteiger partial charge >= 0.3 is 0 Å². The van der Waals surface area contributed by atoms with E-state index in [9.17, 15) is 4.79 Å². The Labute approximate surface area is 104 Å².